The number of benzene rings is 2. The number of rotatable bonds is 7. The normalized spacial score (nSPS) is 10.8. The quantitative estimate of drug-likeness (QED) is 0.353. The van der Waals surface area contributed by atoms with Crippen molar-refractivity contribution < 1.29 is 4.79 Å². The average Bonchev–Trinajstić information content (AvgIpc) is 3.41. The molecule has 2 aromatic heterocycles. The van der Waals surface area contributed by atoms with Gasteiger partial charge in [0.15, 0.2) is 10.3 Å². The second-order valence-corrected chi connectivity index (χ2v) is 9.16. The van der Waals surface area contributed by atoms with Crippen LogP contribution in [0.1, 0.15) is 26.4 Å². The summed E-state index contributed by atoms with van der Waals surface area (Å²) in [6.07, 6.45) is 4.09. The molecule has 0 radical (unpaired) electrons. The van der Waals surface area contributed by atoms with Crippen LogP contribution in [-0.2, 0) is 12.2 Å². The standard InChI is InChI=1S/C20H16BrN5OS2/c21-16-7-3-13(4-8-16)9-17-10-22-19(29-17)25-18(27)15-5-1-14(2-6-15)11-28-20-23-12-24-26-20/h1-8,10,12H,9,11H2,(H,22,25,27)(H,23,24,26). The molecule has 0 fully saturated rings. The lowest BCUT2D eigenvalue weighted by molar-refractivity contribution is 0.102. The summed E-state index contributed by atoms with van der Waals surface area (Å²) in [7, 11) is 0. The van der Waals surface area contributed by atoms with E-state index in [9.17, 15) is 4.79 Å². The molecule has 0 saturated carbocycles. The number of hydrogen-bond donors (Lipinski definition) is 2. The van der Waals surface area contributed by atoms with Gasteiger partial charge < -0.3 is 0 Å². The lowest BCUT2D eigenvalue weighted by Crippen LogP contribution is -2.11. The Kier molecular flexibility index (Phi) is 6.38. The molecular formula is C20H16BrN5OS2. The molecule has 2 heterocycles. The summed E-state index contributed by atoms with van der Waals surface area (Å²) >= 11 is 6.49. The van der Waals surface area contributed by atoms with Crippen molar-refractivity contribution in [3.8, 4) is 0 Å². The van der Waals surface area contributed by atoms with Gasteiger partial charge in [0.05, 0.1) is 0 Å². The molecule has 4 aromatic rings. The third kappa shape index (κ3) is 5.53. The molecular weight excluding hydrogens is 470 g/mol. The summed E-state index contributed by atoms with van der Waals surface area (Å²) in [5.41, 5.74) is 2.91. The SMILES string of the molecule is O=C(Nc1ncc(Cc2ccc(Br)cc2)s1)c1ccc(CSc2ncn[nH]2)cc1. The monoisotopic (exact) mass is 485 g/mol. The number of hydrogen-bond acceptors (Lipinski definition) is 6. The van der Waals surface area contributed by atoms with Gasteiger partial charge in [-0.25, -0.2) is 9.97 Å². The Hall–Kier alpha value is -2.49. The van der Waals surface area contributed by atoms with Crippen LogP contribution in [0, 0.1) is 0 Å². The first-order valence-electron chi connectivity index (χ1n) is 8.73. The highest BCUT2D eigenvalue weighted by atomic mass is 79.9. The Morgan fingerprint density at radius 3 is 2.55 bits per heavy atom. The number of carbonyl (C=O) groups excluding carboxylic acids is 1. The summed E-state index contributed by atoms with van der Waals surface area (Å²) < 4.78 is 1.06. The van der Waals surface area contributed by atoms with Crippen LogP contribution in [0.25, 0.3) is 0 Å². The predicted octanol–water partition coefficient (Wildman–Crippen LogP) is 5.16. The highest BCUT2D eigenvalue weighted by Crippen LogP contribution is 2.23. The van der Waals surface area contributed by atoms with Crippen molar-refractivity contribution in [2.45, 2.75) is 17.3 Å². The maximum atomic E-state index is 12.5. The molecule has 2 aromatic carbocycles. The lowest BCUT2D eigenvalue weighted by Gasteiger charge is -2.04. The summed E-state index contributed by atoms with van der Waals surface area (Å²) in [4.78, 5) is 22.0. The van der Waals surface area contributed by atoms with Crippen molar-refractivity contribution in [2.24, 2.45) is 0 Å². The molecule has 0 aliphatic rings. The molecule has 0 saturated heterocycles. The van der Waals surface area contributed by atoms with Crippen LogP contribution < -0.4 is 5.32 Å². The maximum absolute atomic E-state index is 12.5. The zero-order valence-electron chi connectivity index (χ0n) is 15.1. The summed E-state index contributed by atoms with van der Waals surface area (Å²) in [5, 5.41) is 10.9. The molecule has 6 nitrogen and oxygen atoms in total. The van der Waals surface area contributed by atoms with E-state index in [1.165, 1.54) is 23.2 Å². The number of amides is 1. The number of halogens is 1. The second kappa shape index (κ2) is 9.34. The van der Waals surface area contributed by atoms with E-state index in [0.717, 1.165) is 32.2 Å². The molecule has 0 bridgehead atoms. The molecule has 4 rings (SSSR count). The highest BCUT2D eigenvalue weighted by molar-refractivity contribution is 9.10. The third-order valence-electron chi connectivity index (χ3n) is 4.05. The lowest BCUT2D eigenvalue weighted by atomic mass is 10.1. The molecule has 1 amide bonds. The van der Waals surface area contributed by atoms with Gasteiger partial charge in [-0.1, -0.05) is 52.0 Å². The van der Waals surface area contributed by atoms with Crippen LogP contribution in [0.2, 0.25) is 0 Å². The topological polar surface area (TPSA) is 83.6 Å². The van der Waals surface area contributed by atoms with Gasteiger partial charge in [0.2, 0.25) is 0 Å². The Labute approximate surface area is 184 Å². The maximum Gasteiger partial charge on any atom is 0.257 e. The van der Waals surface area contributed by atoms with Gasteiger partial charge in [0, 0.05) is 33.3 Å². The third-order valence-corrected chi connectivity index (χ3v) is 6.44. The van der Waals surface area contributed by atoms with Crippen molar-refractivity contribution in [3.05, 3.63) is 87.1 Å². The smallest absolute Gasteiger partial charge is 0.257 e. The minimum Gasteiger partial charge on any atom is -0.298 e. The van der Waals surface area contributed by atoms with Crippen LogP contribution >= 0.6 is 39.0 Å². The molecule has 0 aliphatic carbocycles. The first-order chi connectivity index (χ1) is 14.2. The van der Waals surface area contributed by atoms with E-state index in [1.807, 2.05) is 42.6 Å². The summed E-state index contributed by atoms with van der Waals surface area (Å²) in [6, 6.07) is 15.7. The first-order valence-corrected chi connectivity index (χ1v) is 11.3. The molecule has 0 spiro atoms. The predicted molar refractivity (Wildman–Crippen MR) is 119 cm³/mol. The van der Waals surface area contributed by atoms with Crippen LogP contribution in [0.5, 0.6) is 0 Å². The van der Waals surface area contributed by atoms with E-state index in [1.54, 1.807) is 11.8 Å². The fraction of sp³-hybridized carbons (Fsp3) is 0.100. The number of H-pyrrole nitrogens is 1. The van der Waals surface area contributed by atoms with E-state index in [0.29, 0.717) is 10.7 Å². The number of nitrogens with zero attached hydrogens (tertiary/aromatic N) is 3. The van der Waals surface area contributed by atoms with E-state index in [-0.39, 0.29) is 5.91 Å². The number of aromatic amines is 1. The largest absolute Gasteiger partial charge is 0.298 e. The van der Waals surface area contributed by atoms with Crippen molar-refractivity contribution in [2.75, 3.05) is 5.32 Å². The van der Waals surface area contributed by atoms with Crippen molar-refractivity contribution in [1.82, 2.24) is 20.2 Å². The van der Waals surface area contributed by atoms with Gasteiger partial charge in [-0.15, -0.1) is 11.3 Å². The van der Waals surface area contributed by atoms with Crippen LogP contribution in [0.3, 0.4) is 0 Å². The number of thiazole rings is 1. The van der Waals surface area contributed by atoms with Crippen LogP contribution in [0.4, 0.5) is 5.13 Å². The van der Waals surface area contributed by atoms with Crippen molar-refractivity contribution >= 4 is 50.1 Å². The molecule has 0 atom stereocenters. The molecule has 29 heavy (non-hydrogen) atoms. The fourth-order valence-electron chi connectivity index (χ4n) is 2.59. The Morgan fingerprint density at radius 1 is 1.07 bits per heavy atom. The fourth-order valence-corrected chi connectivity index (χ4v) is 4.43. The minimum absolute atomic E-state index is 0.163. The van der Waals surface area contributed by atoms with Gasteiger partial charge >= 0.3 is 0 Å². The number of thioether (sulfide) groups is 1. The Morgan fingerprint density at radius 2 is 1.83 bits per heavy atom. The van der Waals surface area contributed by atoms with Crippen molar-refractivity contribution in [1.29, 1.82) is 0 Å². The Balaban J connectivity index is 1.33. The zero-order valence-corrected chi connectivity index (χ0v) is 18.4. The molecule has 0 unspecified atom stereocenters. The minimum atomic E-state index is -0.163. The van der Waals surface area contributed by atoms with E-state index in [2.05, 4.69) is 53.5 Å². The van der Waals surface area contributed by atoms with Gasteiger partial charge in [0.1, 0.15) is 6.33 Å². The summed E-state index contributed by atoms with van der Waals surface area (Å²) in [6.45, 7) is 0. The van der Waals surface area contributed by atoms with Gasteiger partial charge in [-0.3, -0.25) is 15.2 Å². The number of carbonyl (C=O) groups is 1. The van der Waals surface area contributed by atoms with Crippen molar-refractivity contribution in [3.63, 3.8) is 0 Å². The number of aromatic nitrogens is 4. The first kappa shape index (κ1) is 19.8. The van der Waals surface area contributed by atoms with Gasteiger partial charge in [0.25, 0.3) is 5.91 Å². The number of nitrogens with one attached hydrogen (secondary N) is 2. The summed E-state index contributed by atoms with van der Waals surface area (Å²) in [5.74, 6) is 0.590. The van der Waals surface area contributed by atoms with Crippen LogP contribution in [0.15, 0.2) is 70.7 Å². The van der Waals surface area contributed by atoms with E-state index >= 15 is 0 Å². The van der Waals surface area contributed by atoms with E-state index < -0.39 is 0 Å². The van der Waals surface area contributed by atoms with E-state index in [4.69, 9.17) is 0 Å². The van der Waals surface area contributed by atoms with Gasteiger partial charge in [-0.05, 0) is 35.4 Å². The second-order valence-electron chi connectivity index (χ2n) is 6.17. The molecule has 2 N–H and O–H groups in total. The van der Waals surface area contributed by atoms with Crippen LogP contribution in [-0.4, -0.2) is 26.1 Å². The molecule has 0 aliphatic heterocycles. The average molecular weight is 486 g/mol. The highest BCUT2D eigenvalue weighted by Gasteiger charge is 2.10. The molecule has 146 valence electrons. The zero-order chi connectivity index (χ0) is 20.1. The Bertz CT molecular complexity index is 1080. The van der Waals surface area contributed by atoms with Gasteiger partial charge in [-0.2, -0.15) is 5.10 Å². The molecule has 9 heteroatoms. The number of anilines is 1.